The van der Waals surface area contributed by atoms with Crippen LogP contribution in [0.1, 0.15) is 0 Å². The van der Waals surface area contributed by atoms with Crippen LogP contribution in [0.5, 0.6) is 0 Å². The average Bonchev–Trinajstić information content (AvgIpc) is 4.04. The van der Waals surface area contributed by atoms with Gasteiger partial charge in [0.2, 0.25) is 5.89 Å². The van der Waals surface area contributed by atoms with Crippen LogP contribution in [0.3, 0.4) is 0 Å². The Kier molecular flexibility index (Phi) is 8.00. The van der Waals surface area contributed by atoms with Crippen molar-refractivity contribution >= 4 is 81.6 Å². The van der Waals surface area contributed by atoms with Gasteiger partial charge in [0, 0.05) is 53.7 Å². The molecule has 0 saturated heterocycles. The van der Waals surface area contributed by atoms with Crippen molar-refractivity contribution in [2.75, 3.05) is 4.90 Å². The van der Waals surface area contributed by atoms with Gasteiger partial charge in [0.05, 0.1) is 5.39 Å². The molecule has 12 aromatic rings. The highest BCUT2D eigenvalue weighted by Gasteiger charge is 2.22. The van der Waals surface area contributed by atoms with Crippen LogP contribution in [-0.2, 0) is 0 Å². The van der Waals surface area contributed by atoms with Crippen molar-refractivity contribution in [3.8, 4) is 44.8 Å². The van der Waals surface area contributed by atoms with Crippen LogP contribution < -0.4 is 4.90 Å². The zero-order chi connectivity index (χ0) is 39.6. The molecular formula is C55H34N2O2S. The highest BCUT2D eigenvalue weighted by atomic mass is 32.1. The molecule has 4 nitrogen and oxygen atoms in total. The first kappa shape index (κ1) is 34.3. The van der Waals surface area contributed by atoms with E-state index in [2.05, 4.69) is 163 Å². The summed E-state index contributed by atoms with van der Waals surface area (Å²) in [4.78, 5) is 7.35. The molecule has 0 N–H and O–H groups in total. The largest absolute Gasteiger partial charge is 0.455 e. The lowest BCUT2D eigenvalue weighted by atomic mass is 10.00. The maximum absolute atomic E-state index is 6.63. The Morgan fingerprint density at radius 1 is 0.400 bits per heavy atom. The fourth-order valence-electron chi connectivity index (χ4n) is 8.65. The van der Waals surface area contributed by atoms with E-state index in [0.717, 1.165) is 66.8 Å². The molecule has 12 rings (SSSR count). The molecule has 0 bridgehead atoms. The maximum Gasteiger partial charge on any atom is 0.227 e. The molecule has 0 saturated carbocycles. The van der Waals surface area contributed by atoms with Gasteiger partial charge in [-0.1, -0.05) is 140 Å². The van der Waals surface area contributed by atoms with Crippen molar-refractivity contribution in [3.05, 3.63) is 206 Å². The smallest absolute Gasteiger partial charge is 0.227 e. The van der Waals surface area contributed by atoms with Crippen LogP contribution >= 0.6 is 11.3 Å². The van der Waals surface area contributed by atoms with Crippen LogP contribution in [0.2, 0.25) is 0 Å². The molecule has 60 heavy (non-hydrogen) atoms. The summed E-state index contributed by atoms with van der Waals surface area (Å²) in [6.07, 6.45) is 0. The number of anilines is 3. The summed E-state index contributed by atoms with van der Waals surface area (Å²) < 4.78 is 15.7. The van der Waals surface area contributed by atoms with E-state index in [1.54, 1.807) is 0 Å². The number of fused-ring (bicyclic) bond motifs is 8. The Morgan fingerprint density at radius 2 is 1.02 bits per heavy atom. The predicted molar refractivity (Wildman–Crippen MR) is 251 cm³/mol. The van der Waals surface area contributed by atoms with Crippen molar-refractivity contribution in [3.63, 3.8) is 0 Å². The topological polar surface area (TPSA) is 42.4 Å². The van der Waals surface area contributed by atoms with Gasteiger partial charge in [-0.2, -0.15) is 0 Å². The van der Waals surface area contributed by atoms with Gasteiger partial charge in [-0.3, -0.25) is 0 Å². The lowest BCUT2D eigenvalue weighted by Crippen LogP contribution is -2.10. The first-order valence-corrected chi connectivity index (χ1v) is 20.9. The molecule has 0 aliphatic heterocycles. The highest BCUT2D eigenvalue weighted by molar-refractivity contribution is 7.26. The van der Waals surface area contributed by atoms with Crippen LogP contribution in [0.4, 0.5) is 17.1 Å². The van der Waals surface area contributed by atoms with Gasteiger partial charge in [0.1, 0.15) is 16.7 Å². The molecule has 282 valence electrons. The average molecular weight is 787 g/mol. The van der Waals surface area contributed by atoms with Gasteiger partial charge in [-0.05, 0) is 94.5 Å². The standard InChI is InChI=1S/C55H34N2O2S/c1-3-13-35(14-4-1)36-25-29-40(30-26-36)57(42-18-11-17-39(33-42)43-21-12-22-45-44-19-8-10-24-50(44)60-54(43)45)41-31-27-37(28-32-41)47-34-48-53(59-55(56-48)38-15-5-2-6-16-38)51-46-20-7-9-23-49(46)58-52(47)51/h1-34H. The number of nitrogens with zero attached hydrogens (tertiary/aromatic N) is 2. The molecule has 3 aromatic heterocycles. The zero-order valence-electron chi connectivity index (χ0n) is 32.2. The molecule has 0 atom stereocenters. The zero-order valence-corrected chi connectivity index (χ0v) is 33.1. The van der Waals surface area contributed by atoms with E-state index in [1.807, 2.05) is 59.9 Å². The summed E-state index contributed by atoms with van der Waals surface area (Å²) >= 11 is 1.86. The van der Waals surface area contributed by atoms with Crippen molar-refractivity contribution in [2.24, 2.45) is 0 Å². The third-order valence-corrected chi connectivity index (χ3v) is 12.7. The Morgan fingerprint density at radius 3 is 1.80 bits per heavy atom. The second kappa shape index (κ2) is 14.0. The van der Waals surface area contributed by atoms with E-state index < -0.39 is 0 Å². The van der Waals surface area contributed by atoms with E-state index in [9.17, 15) is 0 Å². The molecule has 9 aromatic carbocycles. The van der Waals surface area contributed by atoms with Gasteiger partial charge >= 0.3 is 0 Å². The molecule has 0 spiro atoms. The number of oxazole rings is 1. The van der Waals surface area contributed by atoms with Crippen LogP contribution in [0.25, 0.3) is 98.0 Å². The number of furan rings is 1. The first-order valence-electron chi connectivity index (χ1n) is 20.1. The predicted octanol–water partition coefficient (Wildman–Crippen LogP) is 16.2. The molecule has 0 aliphatic carbocycles. The summed E-state index contributed by atoms with van der Waals surface area (Å²) in [5.41, 5.74) is 14.0. The summed E-state index contributed by atoms with van der Waals surface area (Å²) in [5.74, 6) is 0.587. The minimum Gasteiger partial charge on any atom is -0.455 e. The third-order valence-electron chi connectivity index (χ3n) is 11.5. The molecule has 5 heteroatoms. The summed E-state index contributed by atoms with van der Waals surface area (Å²) in [6, 6.07) is 72.8. The SMILES string of the molecule is c1ccc(-c2ccc(N(c3ccc(-c4cc5nc(-c6ccccc6)oc5c5c4oc4ccccc45)cc3)c3cccc(-c4cccc5c4sc4ccccc45)c3)cc2)cc1. The third kappa shape index (κ3) is 5.70. The number of thiophene rings is 1. The monoisotopic (exact) mass is 786 g/mol. The number of benzene rings is 9. The Hall–Kier alpha value is -7.73. The van der Waals surface area contributed by atoms with Crippen LogP contribution in [0, 0.1) is 0 Å². The normalized spacial score (nSPS) is 11.7. The van der Waals surface area contributed by atoms with Gasteiger partial charge in [0.25, 0.3) is 0 Å². The Bertz CT molecular complexity index is 3530. The molecule has 0 unspecified atom stereocenters. The summed E-state index contributed by atoms with van der Waals surface area (Å²) in [5, 5.41) is 4.53. The van der Waals surface area contributed by atoms with Gasteiger partial charge in [-0.15, -0.1) is 11.3 Å². The Labute approximate surface area is 349 Å². The minimum atomic E-state index is 0.587. The van der Waals surface area contributed by atoms with E-state index in [1.165, 1.54) is 42.4 Å². The molecular weight excluding hydrogens is 753 g/mol. The molecule has 0 aliphatic rings. The highest BCUT2D eigenvalue weighted by Crippen LogP contribution is 2.45. The number of rotatable bonds is 7. The van der Waals surface area contributed by atoms with Gasteiger partial charge < -0.3 is 13.7 Å². The molecule has 0 amide bonds. The Balaban J connectivity index is 0.998. The summed E-state index contributed by atoms with van der Waals surface area (Å²) in [7, 11) is 0. The second-order valence-electron chi connectivity index (χ2n) is 15.1. The summed E-state index contributed by atoms with van der Waals surface area (Å²) in [6.45, 7) is 0. The lowest BCUT2D eigenvalue weighted by Gasteiger charge is -2.26. The molecule has 0 fully saturated rings. The van der Waals surface area contributed by atoms with Crippen LogP contribution in [-0.4, -0.2) is 4.98 Å². The first-order chi connectivity index (χ1) is 29.7. The van der Waals surface area contributed by atoms with E-state index in [0.29, 0.717) is 5.89 Å². The number of hydrogen-bond donors (Lipinski definition) is 0. The van der Waals surface area contributed by atoms with Gasteiger partial charge in [-0.25, -0.2) is 4.98 Å². The van der Waals surface area contributed by atoms with E-state index in [-0.39, 0.29) is 0 Å². The van der Waals surface area contributed by atoms with Crippen LogP contribution in [0.15, 0.2) is 215 Å². The lowest BCUT2D eigenvalue weighted by molar-refractivity contribution is 0.622. The molecule has 3 heterocycles. The molecule has 0 radical (unpaired) electrons. The second-order valence-corrected chi connectivity index (χ2v) is 16.1. The number of hydrogen-bond acceptors (Lipinski definition) is 5. The fourth-order valence-corrected chi connectivity index (χ4v) is 9.89. The number of para-hydroxylation sites is 1. The minimum absolute atomic E-state index is 0.587. The van der Waals surface area contributed by atoms with E-state index in [4.69, 9.17) is 13.8 Å². The van der Waals surface area contributed by atoms with Crippen molar-refractivity contribution in [2.45, 2.75) is 0 Å². The quantitative estimate of drug-likeness (QED) is 0.161. The van der Waals surface area contributed by atoms with Crippen molar-refractivity contribution in [1.82, 2.24) is 4.98 Å². The number of aromatic nitrogens is 1. The van der Waals surface area contributed by atoms with E-state index >= 15 is 0 Å². The maximum atomic E-state index is 6.63. The van der Waals surface area contributed by atoms with Crippen molar-refractivity contribution < 1.29 is 8.83 Å². The van der Waals surface area contributed by atoms with Gasteiger partial charge in [0.15, 0.2) is 5.58 Å². The van der Waals surface area contributed by atoms with Crippen molar-refractivity contribution in [1.29, 1.82) is 0 Å². The fraction of sp³-hybridized carbons (Fsp3) is 0.